The van der Waals surface area contributed by atoms with Gasteiger partial charge in [0.25, 0.3) is 0 Å². The van der Waals surface area contributed by atoms with Gasteiger partial charge in [0.1, 0.15) is 5.82 Å². The van der Waals surface area contributed by atoms with Gasteiger partial charge in [0.2, 0.25) is 0 Å². The Morgan fingerprint density at radius 3 is 2.22 bits per heavy atom. The molecule has 0 saturated heterocycles. The van der Waals surface area contributed by atoms with Crippen molar-refractivity contribution in [2.24, 2.45) is 0 Å². The summed E-state index contributed by atoms with van der Waals surface area (Å²) >= 11 is 1.68. The van der Waals surface area contributed by atoms with Crippen LogP contribution in [-0.4, -0.2) is 12.0 Å². The van der Waals surface area contributed by atoms with E-state index in [4.69, 9.17) is 0 Å². The Kier molecular flexibility index (Phi) is 10.7. The third kappa shape index (κ3) is 7.29. The van der Waals surface area contributed by atoms with E-state index in [2.05, 4.69) is 12.6 Å². The first-order valence-electron chi connectivity index (χ1n) is 7.52. The highest BCUT2D eigenvalue weighted by molar-refractivity contribution is 7.98. The molecular formula is C20H25FOS. The molecule has 0 unspecified atom stereocenters. The largest absolute Gasteiger partial charge is 0.295 e. The van der Waals surface area contributed by atoms with Crippen LogP contribution in [0, 0.1) is 12.7 Å². The van der Waals surface area contributed by atoms with Crippen LogP contribution in [0.4, 0.5) is 4.39 Å². The maximum absolute atomic E-state index is 13.5. The number of aryl methyl sites for hydroxylation is 1. The van der Waals surface area contributed by atoms with Crippen molar-refractivity contribution in [3.05, 3.63) is 66.5 Å². The lowest BCUT2D eigenvalue weighted by molar-refractivity contribution is -0.112. The van der Waals surface area contributed by atoms with E-state index in [1.807, 2.05) is 50.4 Å². The highest BCUT2D eigenvalue weighted by Gasteiger charge is 2.05. The SMILES string of the molecule is C=CC(C)=O.CC.CSc1ccccc1-c1ccc(C)c(F)c1. The molecule has 3 heteroatoms. The molecular weight excluding hydrogens is 307 g/mol. The van der Waals surface area contributed by atoms with Crippen LogP contribution in [0.3, 0.4) is 0 Å². The fourth-order valence-electron chi connectivity index (χ4n) is 1.64. The maximum atomic E-state index is 13.5. The molecule has 23 heavy (non-hydrogen) atoms. The van der Waals surface area contributed by atoms with E-state index >= 15 is 0 Å². The number of carbonyl (C=O) groups excluding carboxylic acids is 1. The smallest absolute Gasteiger partial charge is 0.152 e. The summed E-state index contributed by atoms with van der Waals surface area (Å²) in [4.78, 5) is 10.9. The summed E-state index contributed by atoms with van der Waals surface area (Å²) < 4.78 is 13.5. The third-order valence-electron chi connectivity index (χ3n) is 2.88. The Labute approximate surface area is 143 Å². The zero-order chi connectivity index (χ0) is 17.8. The van der Waals surface area contributed by atoms with Crippen LogP contribution in [0.25, 0.3) is 11.1 Å². The summed E-state index contributed by atoms with van der Waals surface area (Å²) in [5, 5.41) is 0. The second-order valence-corrected chi connectivity index (χ2v) is 5.33. The standard InChI is InChI=1S/C14H13FS.C4H6O.C2H6/c1-10-7-8-11(9-13(10)15)12-5-3-4-6-14(12)16-2;1-3-4(2)5;1-2/h3-9H,1-2H3;3H,1H2,2H3;1-2H3. The number of benzene rings is 2. The molecule has 0 fully saturated rings. The number of carbonyl (C=O) groups is 1. The van der Waals surface area contributed by atoms with E-state index in [9.17, 15) is 9.18 Å². The van der Waals surface area contributed by atoms with Crippen LogP contribution < -0.4 is 0 Å². The molecule has 124 valence electrons. The lowest BCUT2D eigenvalue weighted by Gasteiger charge is -2.08. The van der Waals surface area contributed by atoms with Gasteiger partial charge in [-0.25, -0.2) is 4.39 Å². The molecule has 2 aromatic carbocycles. The van der Waals surface area contributed by atoms with E-state index in [1.54, 1.807) is 24.8 Å². The molecule has 2 aromatic rings. The van der Waals surface area contributed by atoms with Gasteiger partial charge in [-0.15, -0.1) is 11.8 Å². The lowest BCUT2D eigenvalue weighted by atomic mass is 10.0. The molecule has 0 aliphatic rings. The first-order valence-corrected chi connectivity index (χ1v) is 8.74. The Morgan fingerprint density at radius 1 is 1.17 bits per heavy atom. The lowest BCUT2D eigenvalue weighted by Crippen LogP contribution is -1.86. The molecule has 2 rings (SSSR count). The molecule has 0 bridgehead atoms. The van der Waals surface area contributed by atoms with Crippen LogP contribution in [0.1, 0.15) is 26.3 Å². The number of hydrogen-bond acceptors (Lipinski definition) is 2. The van der Waals surface area contributed by atoms with Crippen molar-refractivity contribution >= 4 is 17.5 Å². The summed E-state index contributed by atoms with van der Waals surface area (Å²) in [5.74, 6) is -0.126. The fourth-order valence-corrected chi connectivity index (χ4v) is 2.26. The first-order chi connectivity index (χ1) is 11.0. The summed E-state index contributed by atoms with van der Waals surface area (Å²) in [5.41, 5.74) is 2.72. The van der Waals surface area contributed by atoms with Crippen molar-refractivity contribution in [2.75, 3.05) is 6.26 Å². The Bertz CT molecular complexity index is 635. The van der Waals surface area contributed by atoms with Gasteiger partial charge in [-0.2, -0.15) is 0 Å². The van der Waals surface area contributed by atoms with Crippen LogP contribution in [0.15, 0.2) is 60.0 Å². The van der Waals surface area contributed by atoms with Crippen LogP contribution in [0.5, 0.6) is 0 Å². The van der Waals surface area contributed by atoms with Crippen molar-refractivity contribution in [3.8, 4) is 11.1 Å². The molecule has 0 aromatic heterocycles. The molecule has 1 nitrogen and oxygen atoms in total. The summed E-state index contributed by atoms with van der Waals surface area (Å²) in [6, 6.07) is 13.4. The second kappa shape index (κ2) is 11.7. The Morgan fingerprint density at radius 2 is 1.74 bits per heavy atom. The fraction of sp³-hybridized carbons (Fsp3) is 0.250. The van der Waals surface area contributed by atoms with Crippen molar-refractivity contribution in [3.63, 3.8) is 0 Å². The molecule has 0 amide bonds. The van der Waals surface area contributed by atoms with E-state index in [-0.39, 0.29) is 11.6 Å². The van der Waals surface area contributed by atoms with Gasteiger partial charge in [0.05, 0.1) is 0 Å². The predicted molar refractivity (Wildman–Crippen MR) is 101 cm³/mol. The molecule has 0 aliphatic carbocycles. The quantitative estimate of drug-likeness (QED) is 0.484. The summed E-state index contributed by atoms with van der Waals surface area (Å²) in [6.45, 7) is 10.5. The predicted octanol–water partition coefficient (Wildman–Crippen LogP) is 6.31. The molecule has 0 atom stereocenters. The van der Waals surface area contributed by atoms with E-state index in [0.29, 0.717) is 5.56 Å². The van der Waals surface area contributed by atoms with Crippen molar-refractivity contribution < 1.29 is 9.18 Å². The van der Waals surface area contributed by atoms with E-state index in [1.165, 1.54) is 17.9 Å². The number of allylic oxidation sites excluding steroid dienone is 1. The van der Waals surface area contributed by atoms with Crippen LogP contribution in [0.2, 0.25) is 0 Å². The van der Waals surface area contributed by atoms with Gasteiger partial charge >= 0.3 is 0 Å². The second-order valence-electron chi connectivity index (χ2n) is 4.48. The van der Waals surface area contributed by atoms with Crippen molar-refractivity contribution in [1.29, 1.82) is 0 Å². The van der Waals surface area contributed by atoms with Gasteiger partial charge in [-0.1, -0.05) is 50.8 Å². The minimum absolute atomic E-state index is 0.0185. The normalized spacial score (nSPS) is 8.96. The molecule has 0 heterocycles. The van der Waals surface area contributed by atoms with Gasteiger partial charge in [-0.05, 0) is 55.0 Å². The third-order valence-corrected chi connectivity index (χ3v) is 3.67. The zero-order valence-electron chi connectivity index (χ0n) is 14.5. The Balaban J connectivity index is 0.000000594. The van der Waals surface area contributed by atoms with Gasteiger partial charge in [0, 0.05) is 4.90 Å². The molecule has 0 aliphatic heterocycles. The van der Waals surface area contributed by atoms with Crippen molar-refractivity contribution in [2.45, 2.75) is 32.6 Å². The average Bonchev–Trinajstić information content (AvgIpc) is 2.59. The summed E-state index contributed by atoms with van der Waals surface area (Å²) in [7, 11) is 0. The number of thioether (sulfide) groups is 1. The van der Waals surface area contributed by atoms with Crippen molar-refractivity contribution in [1.82, 2.24) is 0 Å². The Hall–Kier alpha value is -1.87. The van der Waals surface area contributed by atoms with E-state index < -0.39 is 0 Å². The maximum Gasteiger partial charge on any atom is 0.152 e. The minimum atomic E-state index is -0.145. The van der Waals surface area contributed by atoms with Crippen LogP contribution in [-0.2, 0) is 4.79 Å². The van der Waals surface area contributed by atoms with Crippen LogP contribution >= 0.6 is 11.8 Å². The number of hydrogen-bond donors (Lipinski definition) is 0. The number of ketones is 1. The minimum Gasteiger partial charge on any atom is -0.295 e. The monoisotopic (exact) mass is 332 g/mol. The molecule has 0 radical (unpaired) electrons. The number of rotatable bonds is 3. The zero-order valence-corrected chi connectivity index (χ0v) is 15.3. The van der Waals surface area contributed by atoms with Gasteiger partial charge < -0.3 is 0 Å². The molecule has 0 spiro atoms. The first kappa shape index (κ1) is 21.1. The number of halogens is 1. The van der Waals surface area contributed by atoms with Gasteiger partial charge in [-0.3, -0.25) is 4.79 Å². The molecule has 0 saturated carbocycles. The van der Waals surface area contributed by atoms with Gasteiger partial charge in [0.15, 0.2) is 5.78 Å². The highest BCUT2D eigenvalue weighted by Crippen LogP contribution is 2.30. The molecule has 0 N–H and O–H groups in total. The van der Waals surface area contributed by atoms with E-state index in [0.717, 1.165) is 11.1 Å². The topological polar surface area (TPSA) is 17.1 Å². The average molecular weight is 332 g/mol. The summed E-state index contributed by atoms with van der Waals surface area (Å²) in [6.07, 6.45) is 3.31. The highest BCUT2D eigenvalue weighted by atomic mass is 32.2.